The van der Waals surface area contributed by atoms with Gasteiger partial charge in [-0.3, -0.25) is 0 Å². The first-order valence-electron chi connectivity index (χ1n) is 16.6. The van der Waals surface area contributed by atoms with E-state index >= 15 is 0 Å². The highest BCUT2D eigenvalue weighted by molar-refractivity contribution is 5.16. The number of hydrogen-bond acceptors (Lipinski definition) is 2. The summed E-state index contributed by atoms with van der Waals surface area (Å²) in [6.07, 6.45) is -25.5. The average Bonchev–Trinajstić information content (AvgIpc) is 3.10. The molecule has 1 saturated carbocycles. The van der Waals surface area contributed by atoms with Crippen molar-refractivity contribution in [3.63, 3.8) is 0 Å². The third-order valence-corrected chi connectivity index (χ3v) is 9.49. The van der Waals surface area contributed by atoms with E-state index in [1.807, 2.05) is 0 Å². The number of rotatable bonds is 22. The molecule has 2 atom stereocenters. The van der Waals surface area contributed by atoms with Crippen LogP contribution < -0.4 is 10.6 Å². The summed E-state index contributed by atoms with van der Waals surface area (Å²) in [5.41, 5.74) is 0. The summed E-state index contributed by atoms with van der Waals surface area (Å²) < 4.78 is 457. The molecule has 0 saturated heterocycles. The molecular weight excluding hydrogens is 1010 g/mol. The predicted octanol–water partition coefficient (Wildman–Crippen LogP) is 13.1. The van der Waals surface area contributed by atoms with E-state index in [2.05, 4.69) is 10.6 Å². The van der Waals surface area contributed by atoms with Gasteiger partial charge in [-0.15, -0.1) is 0 Å². The van der Waals surface area contributed by atoms with Crippen LogP contribution in [0.2, 0.25) is 0 Å². The maximum atomic E-state index is 14.2. The highest BCUT2D eigenvalue weighted by Crippen LogP contribution is 2.66. The molecule has 1 aliphatic carbocycles. The Morgan fingerprint density at radius 3 is 0.656 bits per heavy atom. The molecule has 0 heterocycles. The molecule has 0 aromatic rings. The zero-order valence-corrected chi connectivity index (χ0v) is 30.1. The first kappa shape index (κ1) is 59.6. The lowest BCUT2D eigenvalue weighted by atomic mass is 9.87. The molecule has 0 spiro atoms. The molecule has 0 aromatic heterocycles. The molecule has 0 aliphatic heterocycles. The molecule has 1 aliphatic rings. The molecule has 2 N–H and O–H groups in total. The van der Waals surface area contributed by atoms with Gasteiger partial charge in [-0.05, 0) is 38.8 Å². The molecule has 384 valence electrons. The Morgan fingerprint density at radius 1 is 0.266 bits per heavy atom. The summed E-state index contributed by atoms with van der Waals surface area (Å²) in [6, 6.07) is -2.65. The van der Waals surface area contributed by atoms with E-state index in [1.165, 1.54) is 0 Å². The highest BCUT2D eigenvalue weighted by Gasteiger charge is 2.96. The standard InChI is InChI=1S/C28H24F34N2/c29-13(30,15(33,34)17(37,38)19(41,42)21(45,46)23(49,50)25(53,54)27(57,58)59)7-3-9-63-11-5-1-2-6-12(11)64-10-4-8-14(31,32)16(35,36)18(39,40)20(43,44)22(47,48)24(51,52)26(55,56)28(60,61)62/h11-12,63-64H,1-10H2/t11-,12-/m1/s1. The Bertz CT molecular complexity index is 1440. The smallest absolute Gasteiger partial charge is 0.312 e. The fourth-order valence-electron chi connectivity index (χ4n) is 5.52. The van der Waals surface area contributed by atoms with Gasteiger partial charge in [0.2, 0.25) is 0 Å². The number of alkyl halides is 34. The summed E-state index contributed by atoms with van der Waals surface area (Å²) in [4.78, 5) is 0. The normalized spacial score (nSPS) is 20.0. The van der Waals surface area contributed by atoms with Crippen LogP contribution >= 0.6 is 0 Å². The Labute approximate surface area is 332 Å². The summed E-state index contributed by atoms with van der Waals surface area (Å²) in [6.45, 7) is -2.45. The first-order valence-corrected chi connectivity index (χ1v) is 16.6. The Hall–Kier alpha value is -2.46. The molecule has 1 fully saturated rings. The second-order valence-electron chi connectivity index (χ2n) is 13.9. The van der Waals surface area contributed by atoms with Crippen molar-refractivity contribution < 1.29 is 149 Å². The third-order valence-electron chi connectivity index (χ3n) is 9.49. The van der Waals surface area contributed by atoms with Crippen LogP contribution in [-0.2, 0) is 0 Å². The second kappa shape index (κ2) is 17.3. The second-order valence-corrected chi connectivity index (χ2v) is 13.9. The Morgan fingerprint density at radius 2 is 0.453 bits per heavy atom. The molecule has 0 aromatic carbocycles. The zero-order valence-electron chi connectivity index (χ0n) is 30.1. The van der Waals surface area contributed by atoms with E-state index < -0.39 is 146 Å². The quantitative estimate of drug-likeness (QED) is 0.0834. The summed E-state index contributed by atoms with van der Waals surface area (Å²) >= 11 is 0. The van der Waals surface area contributed by atoms with E-state index in [9.17, 15) is 149 Å². The van der Waals surface area contributed by atoms with Gasteiger partial charge in [0.25, 0.3) is 0 Å². The zero-order chi connectivity index (χ0) is 51.6. The predicted molar refractivity (Wildman–Crippen MR) is 142 cm³/mol. The van der Waals surface area contributed by atoms with Crippen molar-refractivity contribution in [2.75, 3.05) is 13.1 Å². The van der Waals surface area contributed by atoms with E-state index in [4.69, 9.17) is 0 Å². The molecule has 2 nitrogen and oxygen atoms in total. The number of hydrogen-bond donors (Lipinski definition) is 2. The third kappa shape index (κ3) is 9.00. The van der Waals surface area contributed by atoms with Crippen molar-refractivity contribution in [3.8, 4) is 0 Å². The molecule has 1 rings (SSSR count). The maximum Gasteiger partial charge on any atom is 0.460 e. The van der Waals surface area contributed by atoms with Crippen LogP contribution in [0, 0.1) is 0 Å². The van der Waals surface area contributed by atoms with Crippen LogP contribution in [0.1, 0.15) is 51.4 Å². The molecule has 0 radical (unpaired) electrons. The lowest BCUT2D eigenvalue weighted by molar-refractivity contribution is -0.461. The fourth-order valence-corrected chi connectivity index (χ4v) is 5.52. The summed E-state index contributed by atoms with van der Waals surface area (Å²) in [5.74, 6) is -116. The van der Waals surface area contributed by atoms with Crippen LogP contribution in [-0.4, -0.2) is 120 Å². The van der Waals surface area contributed by atoms with Crippen LogP contribution in [0.5, 0.6) is 0 Å². The van der Waals surface area contributed by atoms with Gasteiger partial charge in [-0.2, -0.15) is 149 Å². The van der Waals surface area contributed by atoms with Gasteiger partial charge in [0.1, 0.15) is 0 Å². The van der Waals surface area contributed by atoms with Gasteiger partial charge in [-0.25, -0.2) is 0 Å². The maximum absolute atomic E-state index is 14.2. The number of nitrogens with one attached hydrogen (secondary N) is 2. The van der Waals surface area contributed by atoms with Crippen molar-refractivity contribution in [3.05, 3.63) is 0 Å². The molecule has 36 heteroatoms. The molecule has 0 bridgehead atoms. The van der Waals surface area contributed by atoms with E-state index in [1.54, 1.807) is 0 Å². The molecular formula is C28H24F34N2. The summed E-state index contributed by atoms with van der Waals surface area (Å²) in [5, 5.41) is 4.22. The van der Waals surface area contributed by atoms with Crippen molar-refractivity contribution >= 4 is 0 Å². The minimum Gasteiger partial charge on any atom is -0.312 e. The highest BCUT2D eigenvalue weighted by atomic mass is 19.4. The summed E-state index contributed by atoms with van der Waals surface area (Å²) in [7, 11) is 0. The monoisotopic (exact) mass is 1030 g/mol. The van der Waals surface area contributed by atoms with Crippen molar-refractivity contribution in [1.29, 1.82) is 0 Å². The van der Waals surface area contributed by atoms with Crippen molar-refractivity contribution in [2.24, 2.45) is 0 Å². The van der Waals surface area contributed by atoms with Crippen LogP contribution in [0.15, 0.2) is 0 Å². The lowest BCUT2D eigenvalue weighted by Crippen LogP contribution is -2.74. The van der Waals surface area contributed by atoms with Gasteiger partial charge in [0, 0.05) is 24.9 Å². The molecule has 64 heavy (non-hydrogen) atoms. The van der Waals surface area contributed by atoms with Crippen molar-refractivity contribution in [2.45, 2.75) is 159 Å². The van der Waals surface area contributed by atoms with Crippen molar-refractivity contribution in [1.82, 2.24) is 10.6 Å². The van der Waals surface area contributed by atoms with Gasteiger partial charge in [-0.1, -0.05) is 12.8 Å². The number of halogens is 34. The Balaban J connectivity index is 3.11. The van der Waals surface area contributed by atoms with Crippen LogP contribution in [0.3, 0.4) is 0 Å². The van der Waals surface area contributed by atoms with E-state index in [0.29, 0.717) is 0 Å². The van der Waals surface area contributed by atoms with Gasteiger partial charge < -0.3 is 10.6 Å². The lowest BCUT2D eigenvalue weighted by Gasteiger charge is -2.43. The minimum atomic E-state index is -8.87. The average molecular weight is 1030 g/mol. The molecule has 0 amide bonds. The van der Waals surface area contributed by atoms with Gasteiger partial charge in [0.15, 0.2) is 0 Å². The van der Waals surface area contributed by atoms with Crippen LogP contribution in [0.4, 0.5) is 149 Å². The topological polar surface area (TPSA) is 24.1 Å². The van der Waals surface area contributed by atoms with Gasteiger partial charge >= 0.3 is 95.3 Å². The SMILES string of the molecule is FC(F)(F)C(F)(F)C(F)(F)C(F)(F)C(F)(F)C(F)(F)C(F)(F)C(F)(F)CCCN[C@@H]1CCCC[C@H]1NCCCC(F)(F)C(F)(F)C(F)(F)C(F)(F)C(F)(F)C(F)(F)C(F)(F)C(F)(F)F. The van der Waals surface area contributed by atoms with Gasteiger partial charge in [0.05, 0.1) is 0 Å². The first-order chi connectivity index (χ1) is 27.7. The van der Waals surface area contributed by atoms with Crippen LogP contribution in [0.25, 0.3) is 0 Å². The largest absolute Gasteiger partial charge is 0.460 e. The minimum absolute atomic E-state index is 0.0454. The Kier molecular flexibility index (Phi) is 16.1. The molecule has 0 unspecified atom stereocenters. The van der Waals surface area contributed by atoms with E-state index in [-0.39, 0.29) is 25.7 Å². The van der Waals surface area contributed by atoms with E-state index in [0.717, 1.165) is 0 Å². The fraction of sp³-hybridized carbons (Fsp3) is 1.00.